The summed E-state index contributed by atoms with van der Waals surface area (Å²) >= 11 is 0. The first-order chi connectivity index (χ1) is 15.0. The van der Waals surface area contributed by atoms with Crippen LogP contribution in [0.3, 0.4) is 0 Å². The van der Waals surface area contributed by atoms with Gasteiger partial charge in [-0.15, -0.1) is 0 Å². The summed E-state index contributed by atoms with van der Waals surface area (Å²) in [6.07, 6.45) is 0.206. The fourth-order valence-corrected chi connectivity index (χ4v) is 3.93. The molecule has 0 radical (unpaired) electrons. The van der Waals surface area contributed by atoms with Gasteiger partial charge >= 0.3 is 0 Å². The molecule has 0 bridgehead atoms. The van der Waals surface area contributed by atoms with Crippen molar-refractivity contribution in [3.05, 3.63) is 101 Å². The Hall–Kier alpha value is -2.96. The molecule has 6 heteroatoms. The zero-order valence-electron chi connectivity index (χ0n) is 17.6. The normalized spacial score (nSPS) is 11.3. The maximum Gasteiger partial charge on any atom is 0.224 e. The van der Waals surface area contributed by atoms with Gasteiger partial charge in [-0.05, 0) is 34.4 Å². The molecular weight excluding hydrogens is 410 g/mol. The molecule has 0 aliphatic rings. The fourth-order valence-electron chi connectivity index (χ4n) is 3.04. The number of ether oxygens (including phenoxy) is 1. The van der Waals surface area contributed by atoms with E-state index in [1.807, 2.05) is 54.6 Å². The van der Waals surface area contributed by atoms with Crippen LogP contribution in [0.15, 0.2) is 83.8 Å². The van der Waals surface area contributed by atoms with E-state index in [4.69, 9.17) is 4.74 Å². The highest BCUT2D eigenvalue weighted by Crippen LogP contribution is 2.13. The Kier molecular flexibility index (Phi) is 7.98. The van der Waals surface area contributed by atoms with Crippen molar-refractivity contribution < 1.29 is 17.9 Å². The number of benzene rings is 3. The van der Waals surface area contributed by atoms with Gasteiger partial charge in [-0.1, -0.05) is 73.7 Å². The summed E-state index contributed by atoms with van der Waals surface area (Å²) in [4.78, 5) is 12.5. The summed E-state index contributed by atoms with van der Waals surface area (Å²) in [6, 6.07) is 24.5. The maximum absolute atomic E-state index is 12.2. The molecule has 0 unspecified atom stereocenters. The van der Waals surface area contributed by atoms with Crippen molar-refractivity contribution in [1.82, 2.24) is 5.32 Å². The number of sulfone groups is 1. The highest BCUT2D eigenvalue weighted by Gasteiger charge is 2.11. The smallest absolute Gasteiger partial charge is 0.224 e. The van der Waals surface area contributed by atoms with Crippen molar-refractivity contribution in [3.8, 4) is 0 Å². The van der Waals surface area contributed by atoms with Crippen molar-refractivity contribution >= 4 is 15.7 Å². The lowest BCUT2D eigenvalue weighted by atomic mass is 10.1. The summed E-state index contributed by atoms with van der Waals surface area (Å²) in [5, 5.41) is 2.90. The molecule has 0 heterocycles. The van der Waals surface area contributed by atoms with Crippen LogP contribution in [0.1, 0.15) is 29.2 Å². The Bertz CT molecular complexity index is 1080. The van der Waals surface area contributed by atoms with Crippen molar-refractivity contribution in [1.29, 1.82) is 0 Å². The summed E-state index contributed by atoms with van der Waals surface area (Å²) in [5.41, 5.74) is 4.00. The van der Waals surface area contributed by atoms with Gasteiger partial charge in [0.15, 0.2) is 9.84 Å². The summed E-state index contributed by atoms with van der Waals surface area (Å²) < 4.78 is 29.4. The molecule has 3 aromatic rings. The number of hydrogen-bond acceptors (Lipinski definition) is 4. The quantitative estimate of drug-likeness (QED) is 0.519. The van der Waals surface area contributed by atoms with Gasteiger partial charge < -0.3 is 10.1 Å². The third-order valence-electron chi connectivity index (χ3n) is 4.92. The van der Waals surface area contributed by atoms with Gasteiger partial charge in [0.2, 0.25) is 5.91 Å². The Morgan fingerprint density at radius 2 is 1.32 bits per heavy atom. The summed E-state index contributed by atoms with van der Waals surface area (Å²) in [7, 11) is -3.22. The SMILES string of the molecule is CCS(=O)(=O)c1ccc(CC(=O)NCc2ccc(COCc3ccccc3)cc2)cc1. The number of carbonyl (C=O) groups excluding carboxylic acids is 1. The van der Waals surface area contributed by atoms with Gasteiger partial charge in [0, 0.05) is 6.54 Å². The molecule has 1 N–H and O–H groups in total. The first kappa shape index (κ1) is 22.7. The van der Waals surface area contributed by atoms with Gasteiger partial charge in [-0.3, -0.25) is 4.79 Å². The average molecular weight is 438 g/mol. The topological polar surface area (TPSA) is 72.5 Å². The fraction of sp³-hybridized carbons (Fsp3) is 0.240. The van der Waals surface area contributed by atoms with Crippen molar-refractivity contribution in [2.24, 2.45) is 0 Å². The minimum Gasteiger partial charge on any atom is -0.372 e. The molecule has 0 fully saturated rings. The van der Waals surface area contributed by atoms with E-state index in [1.54, 1.807) is 31.2 Å². The van der Waals surface area contributed by atoms with E-state index in [0.717, 1.165) is 22.3 Å². The predicted molar refractivity (Wildman–Crippen MR) is 121 cm³/mol. The van der Waals surface area contributed by atoms with Crippen LogP contribution in [-0.2, 0) is 45.5 Å². The van der Waals surface area contributed by atoms with Crippen molar-refractivity contribution in [3.63, 3.8) is 0 Å². The Balaban J connectivity index is 1.42. The van der Waals surface area contributed by atoms with E-state index in [0.29, 0.717) is 19.8 Å². The molecule has 5 nitrogen and oxygen atoms in total. The molecule has 0 saturated heterocycles. The highest BCUT2D eigenvalue weighted by atomic mass is 32.2. The molecule has 162 valence electrons. The van der Waals surface area contributed by atoms with Crippen molar-refractivity contribution in [2.75, 3.05) is 5.75 Å². The van der Waals surface area contributed by atoms with Crippen LogP contribution in [0.5, 0.6) is 0 Å². The highest BCUT2D eigenvalue weighted by molar-refractivity contribution is 7.91. The largest absolute Gasteiger partial charge is 0.372 e. The van der Waals surface area contributed by atoms with Crippen LogP contribution >= 0.6 is 0 Å². The minimum absolute atomic E-state index is 0.0603. The third kappa shape index (κ3) is 7.05. The van der Waals surface area contributed by atoms with E-state index in [9.17, 15) is 13.2 Å². The monoisotopic (exact) mass is 437 g/mol. The van der Waals surface area contributed by atoms with Crippen molar-refractivity contribution in [2.45, 2.75) is 38.0 Å². The molecule has 3 rings (SSSR count). The Morgan fingerprint density at radius 1 is 0.774 bits per heavy atom. The summed E-state index contributed by atoms with van der Waals surface area (Å²) in [5.74, 6) is -0.0496. The van der Waals surface area contributed by atoms with Crippen LogP contribution in [0.2, 0.25) is 0 Å². The van der Waals surface area contributed by atoms with Gasteiger partial charge in [-0.25, -0.2) is 8.42 Å². The zero-order valence-corrected chi connectivity index (χ0v) is 18.4. The van der Waals surface area contributed by atoms with Crippen LogP contribution in [0.25, 0.3) is 0 Å². The lowest BCUT2D eigenvalue weighted by Gasteiger charge is -2.08. The molecular formula is C25H27NO4S. The van der Waals surface area contributed by atoms with Gasteiger partial charge in [0.1, 0.15) is 0 Å². The molecule has 0 spiro atoms. The summed E-state index contributed by atoms with van der Waals surface area (Å²) in [6.45, 7) is 3.16. The van der Waals surface area contributed by atoms with Crippen LogP contribution in [0, 0.1) is 0 Å². The molecule has 1 amide bonds. The molecule has 0 saturated carbocycles. The number of hydrogen-bond donors (Lipinski definition) is 1. The number of amides is 1. The molecule has 0 aromatic heterocycles. The second-order valence-electron chi connectivity index (χ2n) is 7.30. The average Bonchev–Trinajstić information content (AvgIpc) is 2.79. The van der Waals surface area contributed by atoms with E-state index in [1.165, 1.54) is 0 Å². The Labute approximate surface area is 184 Å². The van der Waals surface area contributed by atoms with E-state index >= 15 is 0 Å². The lowest BCUT2D eigenvalue weighted by Crippen LogP contribution is -2.24. The Morgan fingerprint density at radius 3 is 1.94 bits per heavy atom. The van der Waals surface area contributed by atoms with E-state index in [2.05, 4.69) is 5.32 Å². The predicted octanol–water partition coefficient (Wildman–Crippen LogP) is 4.06. The maximum atomic E-state index is 12.2. The van der Waals surface area contributed by atoms with Crippen LogP contribution in [0.4, 0.5) is 0 Å². The van der Waals surface area contributed by atoms with Crippen LogP contribution < -0.4 is 5.32 Å². The van der Waals surface area contributed by atoms with Gasteiger partial charge in [0.05, 0.1) is 30.3 Å². The third-order valence-corrected chi connectivity index (χ3v) is 6.67. The molecule has 31 heavy (non-hydrogen) atoms. The number of rotatable bonds is 10. The first-order valence-electron chi connectivity index (χ1n) is 10.2. The number of nitrogens with one attached hydrogen (secondary N) is 1. The lowest BCUT2D eigenvalue weighted by molar-refractivity contribution is -0.120. The zero-order chi connectivity index (χ0) is 22.1. The van der Waals surface area contributed by atoms with Crippen LogP contribution in [-0.4, -0.2) is 20.1 Å². The second kappa shape index (κ2) is 10.9. The molecule has 0 atom stereocenters. The molecule has 3 aromatic carbocycles. The minimum atomic E-state index is -3.22. The molecule has 0 aliphatic carbocycles. The van der Waals surface area contributed by atoms with E-state index < -0.39 is 9.84 Å². The standard InChI is InChI=1S/C25H27NO4S/c1-2-31(28,29)24-14-12-20(13-15-24)16-25(27)26-17-21-8-10-23(11-9-21)19-30-18-22-6-4-3-5-7-22/h3-15H,2,16-19H2,1H3,(H,26,27). The number of carbonyl (C=O) groups is 1. The van der Waals surface area contributed by atoms with Gasteiger partial charge in [-0.2, -0.15) is 0 Å². The van der Waals surface area contributed by atoms with E-state index in [-0.39, 0.29) is 23.0 Å². The second-order valence-corrected chi connectivity index (χ2v) is 9.57. The van der Waals surface area contributed by atoms with Gasteiger partial charge in [0.25, 0.3) is 0 Å². The molecule has 0 aliphatic heterocycles. The first-order valence-corrected chi connectivity index (χ1v) is 11.9.